The molecule has 10 heteroatoms. The summed E-state index contributed by atoms with van der Waals surface area (Å²) in [6.45, 7) is 5.52. The molecule has 0 saturated heterocycles. The Morgan fingerprint density at radius 1 is 1.24 bits per heavy atom. The second-order valence-electron chi connectivity index (χ2n) is 10.2. The van der Waals surface area contributed by atoms with Crippen LogP contribution in [-0.2, 0) is 16.1 Å². The number of aromatic amines is 1. The molecule has 3 N–H and O–H groups in total. The first kappa shape index (κ1) is 28.2. The first-order valence-electron chi connectivity index (χ1n) is 12.1. The number of benzene rings is 1. The van der Waals surface area contributed by atoms with Crippen LogP contribution >= 0.6 is 0 Å². The summed E-state index contributed by atoms with van der Waals surface area (Å²) in [4.78, 5) is 34.5. The third-order valence-corrected chi connectivity index (χ3v) is 6.00. The summed E-state index contributed by atoms with van der Waals surface area (Å²) in [6, 6.07) is 9.69. The molecule has 2 aromatic heterocycles. The molecule has 3 aromatic rings. The van der Waals surface area contributed by atoms with E-state index < -0.39 is 30.0 Å². The highest BCUT2D eigenvalue weighted by Gasteiger charge is 2.38. The lowest BCUT2D eigenvalue weighted by Crippen LogP contribution is -2.45. The van der Waals surface area contributed by atoms with Crippen LogP contribution in [0.1, 0.15) is 44.8 Å². The number of methoxy groups -OCH3 is 1. The van der Waals surface area contributed by atoms with Crippen LogP contribution in [0.25, 0.3) is 11.3 Å². The van der Waals surface area contributed by atoms with E-state index in [0.717, 1.165) is 0 Å². The Labute approximate surface area is 215 Å². The molecule has 0 aliphatic carbocycles. The van der Waals surface area contributed by atoms with Gasteiger partial charge in [0, 0.05) is 43.2 Å². The number of nitrogens with one attached hydrogen (secondary N) is 1. The van der Waals surface area contributed by atoms with Crippen molar-refractivity contribution in [3.05, 3.63) is 76.4 Å². The molecule has 0 radical (unpaired) electrons. The number of carbonyl (C=O) groups is 1. The summed E-state index contributed by atoms with van der Waals surface area (Å²) >= 11 is 0. The van der Waals surface area contributed by atoms with Gasteiger partial charge in [-0.3, -0.25) is 9.59 Å². The van der Waals surface area contributed by atoms with Crippen LogP contribution in [0.4, 0.5) is 8.78 Å². The number of pyridine rings is 1. The maximum atomic E-state index is 14.0. The van der Waals surface area contributed by atoms with Gasteiger partial charge in [0.2, 0.25) is 11.5 Å². The second-order valence-corrected chi connectivity index (χ2v) is 10.2. The summed E-state index contributed by atoms with van der Waals surface area (Å²) in [5, 5.41) is 0. The molecular weight excluding hydrogens is 480 g/mol. The molecular formula is C27H35F2N5O3. The Morgan fingerprint density at radius 3 is 2.59 bits per heavy atom. The van der Waals surface area contributed by atoms with E-state index in [1.165, 1.54) is 25.3 Å². The summed E-state index contributed by atoms with van der Waals surface area (Å²) in [5.41, 5.74) is 6.82. The number of hydrogen-bond acceptors (Lipinski definition) is 5. The van der Waals surface area contributed by atoms with Gasteiger partial charge in [-0.25, -0.2) is 13.8 Å². The standard InChI is InChI=1S/C27H35F2N5O3/c1-27(2,3)25(34(24(36)17-37-4)12-11-20(30)14-28)26-32-22(18-7-5-8-19(29)13-18)16-33(26)15-21-9-6-10-23(35)31-21/h5-10,13,16,20,25H,11-12,14-15,17,30H2,1-4H3,(H,31,35)/t20-,25+/m1/s1. The number of aromatic nitrogens is 3. The molecule has 3 rings (SSSR count). The van der Waals surface area contributed by atoms with Crippen molar-refractivity contribution < 1.29 is 18.3 Å². The summed E-state index contributed by atoms with van der Waals surface area (Å²) < 4.78 is 34.2. The summed E-state index contributed by atoms with van der Waals surface area (Å²) in [7, 11) is 1.43. The Bertz CT molecular complexity index is 1250. The lowest BCUT2D eigenvalue weighted by Gasteiger charge is -2.40. The molecule has 37 heavy (non-hydrogen) atoms. The SMILES string of the molecule is COCC(=O)N(CC[C@@H](N)CF)[C@@H](c1nc(-c2cccc(F)c2)cn1Cc1cccc(=O)[nH]1)C(C)(C)C. The highest BCUT2D eigenvalue weighted by molar-refractivity contribution is 5.78. The largest absolute Gasteiger partial charge is 0.375 e. The Hall–Kier alpha value is -3.37. The van der Waals surface area contributed by atoms with E-state index in [4.69, 9.17) is 15.5 Å². The number of nitrogens with zero attached hydrogens (tertiary/aromatic N) is 3. The fraction of sp³-hybridized carbons (Fsp3) is 0.444. The van der Waals surface area contributed by atoms with Crippen LogP contribution in [0.15, 0.2) is 53.5 Å². The molecule has 2 heterocycles. The zero-order valence-corrected chi connectivity index (χ0v) is 21.7. The smallest absolute Gasteiger partial charge is 0.249 e. The van der Waals surface area contributed by atoms with Gasteiger partial charge in [0.25, 0.3) is 0 Å². The van der Waals surface area contributed by atoms with Crippen molar-refractivity contribution in [3.8, 4) is 11.3 Å². The quantitative estimate of drug-likeness (QED) is 0.405. The fourth-order valence-electron chi connectivity index (χ4n) is 4.31. The molecule has 2 atom stereocenters. The van der Waals surface area contributed by atoms with E-state index >= 15 is 0 Å². The van der Waals surface area contributed by atoms with Gasteiger partial charge in [-0.05, 0) is 30.0 Å². The summed E-state index contributed by atoms with van der Waals surface area (Å²) in [5.74, 6) is -0.149. The van der Waals surface area contributed by atoms with Gasteiger partial charge in [0.15, 0.2) is 0 Å². The highest BCUT2D eigenvalue weighted by Crippen LogP contribution is 2.39. The third-order valence-electron chi connectivity index (χ3n) is 6.00. The van der Waals surface area contributed by atoms with Crippen LogP contribution in [-0.4, -0.2) is 58.3 Å². The molecule has 1 aromatic carbocycles. The normalized spacial score (nSPS) is 13.4. The fourth-order valence-corrected chi connectivity index (χ4v) is 4.31. The molecule has 0 spiro atoms. The molecule has 0 saturated carbocycles. The van der Waals surface area contributed by atoms with E-state index in [9.17, 15) is 18.4 Å². The van der Waals surface area contributed by atoms with Crippen LogP contribution in [0.2, 0.25) is 0 Å². The molecule has 0 aliphatic heterocycles. The molecule has 200 valence electrons. The van der Waals surface area contributed by atoms with Gasteiger partial charge in [-0.1, -0.05) is 39.0 Å². The van der Waals surface area contributed by atoms with E-state index in [1.807, 2.05) is 25.3 Å². The topological polar surface area (TPSA) is 106 Å². The predicted octanol–water partition coefficient (Wildman–Crippen LogP) is 3.67. The number of amides is 1. The molecule has 1 amide bonds. The van der Waals surface area contributed by atoms with E-state index in [1.54, 1.807) is 35.4 Å². The van der Waals surface area contributed by atoms with Crippen LogP contribution in [0.3, 0.4) is 0 Å². The number of hydrogen-bond donors (Lipinski definition) is 2. The zero-order chi connectivity index (χ0) is 27.2. The molecule has 8 nitrogen and oxygen atoms in total. The number of nitrogens with two attached hydrogens (primary N) is 1. The van der Waals surface area contributed by atoms with E-state index in [0.29, 0.717) is 22.8 Å². The van der Waals surface area contributed by atoms with Gasteiger partial charge in [-0.2, -0.15) is 0 Å². The minimum Gasteiger partial charge on any atom is -0.375 e. The average molecular weight is 516 g/mol. The van der Waals surface area contributed by atoms with Gasteiger partial charge in [0.05, 0.1) is 18.3 Å². The number of alkyl halides is 1. The van der Waals surface area contributed by atoms with Crippen molar-refractivity contribution in [2.45, 2.75) is 45.8 Å². The molecule has 0 unspecified atom stereocenters. The number of imidazole rings is 1. The minimum atomic E-state index is -0.713. The first-order valence-corrected chi connectivity index (χ1v) is 12.1. The molecule has 0 aliphatic rings. The maximum absolute atomic E-state index is 14.0. The van der Waals surface area contributed by atoms with E-state index in [-0.39, 0.29) is 37.6 Å². The van der Waals surface area contributed by atoms with Gasteiger partial charge < -0.3 is 24.9 Å². The third kappa shape index (κ3) is 7.33. The lowest BCUT2D eigenvalue weighted by atomic mass is 9.84. The average Bonchev–Trinajstić information content (AvgIpc) is 3.23. The van der Waals surface area contributed by atoms with Crippen LogP contribution in [0.5, 0.6) is 0 Å². The number of halogens is 2. The van der Waals surface area contributed by atoms with Crippen molar-refractivity contribution in [1.29, 1.82) is 0 Å². The summed E-state index contributed by atoms with van der Waals surface area (Å²) in [6.07, 6.45) is 2.03. The lowest BCUT2D eigenvalue weighted by molar-refractivity contribution is -0.140. The number of H-pyrrole nitrogens is 1. The zero-order valence-electron chi connectivity index (χ0n) is 21.7. The Balaban J connectivity index is 2.18. The Morgan fingerprint density at radius 2 is 1.97 bits per heavy atom. The van der Waals surface area contributed by atoms with Crippen molar-refractivity contribution in [3.63, 3.8) is 0 Å². The number of ether oxygens (including phenoxy) is 1. The predicted molar refractivity (Wildman–Crippen MR) is 138 cm³/mol. The number of carbonyl (C=O) groups excluding carboxylic acids is 1. The molecule has 0 fully saturated rings. The van der Waals surface area contributed by atoms with Gasteiger partial charge >= 0.3 is 0 Å². The Kier molecular flexibility index (Phi) is 9.34. The minimum absolute atomic E-state index is 0.166. The van der Waals surface area contributed by atoms with Crippen molar-refractivity contribution >= 4 is 5.91 Å². The van der Waals surface area contributed by atoms with E-state index in [2.05, 4.69) is 4.98 Å². The maximum Gasteiger partial charge on any atom is 0.249 e. The molecule has 0 bridgehead atoms. The van der Waals surface area contributed by atoms with Crippen molar-refractivity contribution in [1.82, 2.24) is 19.4 Å². The number of rotatable bonds is 11. The van der Waals surface area contributed by atoms with Gasteiger partial charge in [-0.15, -0.1) is 0 Å². The first-order chi connectivity index (χ1) is 17.5. The van der Waals surface area contributed by atoms with Crippen molar-refractivity contribution in [2.75, 3.05) is 26.9 Å². The highest BCUT2D eigenvalue weighted by atomic mass is 19.1. The monoisotopic (exact) mass is 515 g/mol. The van der Waals surface area contributed by atoms with Crippen molar-refractivity contribution in [2.24, 2.45) is 11.1 Å². The van der Waals surface area contributed by atoms with Gasteiger partial charge in [0.1, 0.15) is 24.9 Å². The van der Waals surface area contributed by atoms with Crippen LogP contribution in [0, 0.1) is 11.2 Å². The van der Waals surface area contributed by atoms with Crippen LogP contribution < -0.4 is 11.3 Å². The second kappa shape index (κ2) is 12.2.